The van der Waals surface area contributed by atoms with Crippen molar-refractivity contribution >= 4 is 17.5 Å². The number of hydrogen-bond donors (Lipinski definition) is 0. The molecule has 39 heavy (non-hydrogen) atoms. The number of anilines is 1. The summed E-state index contributed by atoms with van der Waals surface area (Å²) in [4.78, 5) is 33.0. The van der Waals surface area contributed by atoms with E-state index in [1.807, 2.05) is 60.4 Å². The van der Waals surface area contributed by atoms with Crippen LogP contribution in [0.25, 0.3) is 5.69 Å². The van der Waals surface area contributed by atoms with Crippen molar-refractivity contribution in [3.05, 3.63) is 65.5 Å². The van der Waals surface area contributed by atoms with Gasteiger partial charge in [-0.15, -0.1) is 5.10 Å². The molecule has 3 aromatic rings. The number of fused-ring (bicyclic) bond motifs is 1. The number of amides is 2. The molecule has 4 rings (SSSR count). The standard InChI is InChI=1S/C29H38N6O4/c1-21(2)32-15-8-16-34(27(36)20-38-4)26-10-7-6-9-23(26)19-33(18-17-32)29(37)28-22(3)35(31-30-28)24-11-13-25(39-5)14-12-24/h6-7,9-14,21H,8,15-20H2,1-5H3. The van der Waals surface area contributed by atoms with Gasteiger partial charge in [0, 0.05) is 51.6 Å². The molecule has 10 nitrogen and oxygen atoms in total. The number of carbonyl (C=O) groups is 2. The molecule has 0 saturated carbocycles. The summed E-state index contributed by atoms with van der Waals surface area (Å²) in [6, 6.07) is 15.5. The van der Waals surface area contributed by atoms with Crippen LogP contribution in [0.3, 0.4) is 0 Å². The van der Waals surface area contributed by atoms with Crippen LogP contribution in [-0.4, -0.2) is 89.7 Å². The molecule has 0 spiro atoms. The van der Waals surface area contributed by atoms with Gasteiger partial charge in [0.25, 0.3) is 11.8 Å². The molecule has 2 heterocycles. The van der Waals surface area contributed by atoms with Crippen molar-refractivity contribution in [2.24, 2.45) is 0 Å². The first kappa shape index (κ1) is 28.3. The predicted octanol–water partition coefficient (Wildman–Crippen LogP) is 3.32. The minimum absolute atomic E-state index is 0.00145. The molecule has 2 amide bonds. The lowest BCUT2D eigenvalue weighted by molar-refractivity contribution is -0.122. The van der Waals surface area contributed by atoms with E-state index in [-0.39, 0.29) is 18.4 Å². The van der Waals surface area contributed by atoms with Crippen molar-refractivity contribution < 1.29 is 19.1 Å². The Morgan fingerprint density at radius 1 is 0.974 bits per heavy atom. The molecule has 0 bridgehead atoms. The zero-order valence-corrected chi connectivity index (χ0v) is 23.5. The maximum absolute atomic E-state index is 14.0. The van der Waals surface area contributed by atoms with E-state index in [4.69, 9.17) is 9.47 Å². The number of para-hydroxylation sites is 1. The van der Waals surface area contributed by atoms with Crippen molar-refractivity contribution in [1.82, 2.24) is 24.8 Å². The number of nitrogens with zero attached hydrogens (tertiary/aromatic N) is 6. The topological polar surface area (TPSA) is 93.0 Å². The Labute approximate surface area is 230 Å². The Morgan fingerprint density at radius 3 is 2.41 bits per heavy atom. The molecule has 1 aliphatic rings. The number of hydrogen-bond acceptors (Lipinski definition) is 7. The van der Waals surface area contributed by atoms with Gasteiger partial charge in [0.2, 0.25) is 0 Å². The lowest BCUT2D eigenvalue weighted by Crippen LogP contribution is -2.41. The highest BCUT2D eigenvalue weighted by Gasteiger charge is 2.27. The van der Waals surface area contributed by atoms with Gasteiger partial charge in [0.1, 0.15) is 12.4 Å². The number of ether oxygens (including phenoxy) is 2. The van der Waals surface area contributed by atoms with E-state index in [1.165, 1.54) is 7.11 Å². The summed E-state index contributed by atoms with van der Waals surface area (Å²) >= 11 is 0. The van der Waals surface area contributed by atoms with Crippen LogP contribution in [0, 0.1) is 6.92 Å². The van der Waals surface area contributed by atoms with Crippen LogP contribution in [0.15, 0.2) is 48.5 Å². The smallest absolute Gasteiger partial charge is 0.276 e. The second-order valence-corrected chi connectivity index (χ2v) is 9.95. The maximum Gasteiger partial charge on any atom is 0.276 e. The van der Waals surface area contributed by atoms with E-state index in [1.54, 1.807) is 16.7 Å². The van der Waals surface area contributed by atoms with Gasteiger partial charge in [-0.05, 0) is 63.1 Å². The third-order valence-corrected chi connectivity index (χ3v) is 7.13. The van der Waals surface area contributed by atoms with Crippen molar-refractivity contribution in [3.8, 4) is 11.4 Å². The Hall–Kier alpha value is -3.76. The normalized spacial score (nSPS) is 15.1. The molecular formula is C29H38N6O4. The van der Waals surface area contributed by atoms with Crippen LogP contribution in [0.1, 0.15) is 42.0 Å². The molecular weight excluding hydrogens is 496 g/mol. The van der Waals surface area contributed by atoms with Crippen LogP contribution in [0.4, 0.5) is 5.69 Å². The summed E-state index contributed by atoms with van der Waals surface area (Å²) in [7, 11) is 3.14. The first-order chi connectivity index (χ1) is 18.8. The van der Waals surface area contributed by atoms with E-state index in [2.05, 4.69) is 29.1 Å². The second-order valence-electron chi connectivity index (χ2n) is 9.95. The Bertz CT molecular complexity index is 1270. The zero-order valence-electron chi connectivity index (χ0n) is 23.5. The van der Waals surface area contributed by atoms with Gasteiger partial charge in [-0.25, -0.2) is 4.68 Å². The Balaban J connectivity index is 1.69. The SMILES string of the molecule is COCC(=O)N1CCCN(C(C)C)CCN(C(=O)c2nnn(-c3ccc(OC)cc3)c2C)Cc2ccccc21. The third kappa shape index (κ3) is 6.46. The van der Waals surface area contributed by atoms with E-state index in [0.717, 1.165) is 35.7 Å². The van der Waals surface area contributed by atoms with Crippen molar-refractivity contribution in [3.63, 3.8) is 0 Å². The molecule has 0 unspecified atom stereocenters. The largest absolute Gasteiger partial charge is 0.497 e. The maximum atomic E-state index is 14.0. The molecule has 0 saturated heterocycles. The highest BCUT2D eigenvalue weighted by molar-refractivity contribution is 5.96. The van der Waals surface area contributed by atoms with Gasteiger partial charge >= 0.3 is 0 Å². The molecule has 1 aromatic heterocycles. The van der Waals surface area contributed by atoms with Crippen LogP contribution in [0.2, 0.25) is 0 Å². The molecule has 0 N–H and O–H groups in total. The average Bonchev–Trinajstić information content (AvgIpc) is 3.31. The number of carbonyl (C=O) groups excluding carboxylic acids is 2. The fourth-order valence-electron chi connectivity index (χ4n) is 4.90. The van der Waals surface area contributed by atoms with Crippen LogP contribution in [-0.2, 0) is 16.1 Å². The number of methoxy groups -OCH3 is 2. The molecule has 10 heteroatoms. The molecule has 0 atom stereocenters. The third-order valence-electron chi connectivity index (χ3n) is 7.13. The summed E-state index contributed by atoms with van der Waals surface area (Å²) < 4.78 is 12.1. The van der Waals surface area contributed by atoms with Crippen LogP contribution < -0.4 is 9.64 Å². The minimum atomic E-state index is -0.195. The predicted molar refractivity (Wildman–Crippen MR) is 149 cm³/mol. The molecule has 0 aliphatic carbocycles. The highest BCUT2D eigenvalue weighted by atomic mass is 16.5. The fraction of sp³-hybridized carbons (Fsp3) is 0.448. The van der Waals surface area contributed by atoms with Crippen molar-refractivity contribution in [1.29, 1.82) is 0 Å². The lowest BCUT2D eigenvalue weighted by atomic mass is 10.1. The van der Waals surface area contributed by atoms with Gasteiger partial charge in [-0.3, -0.25) is 14.5 Å². The molecule has 0 fully saturated rings. The van der Waals surface area contributed by atoms with Gasteiger partial charge in [0.15, 0.2) is 5.69 Å². The zero-order chi connectivity index (χ0) is 27.9. The van der Waals surface area contributed by atoms with Crippen LogP contribution >= 0.6 is 0 Å². The summed E-state index contributed by atoms with van der Waals surface area (Å²) in [6.07, 6.45) is 0.811. The second kappa shape index (κ2) is 12.9. The van der Waals surface area contributed by atoms with E-state index in [9.17, 15) is 9.59 Å². The van der Waals surface area contributed by atoms with Gasteiger partial charge < -0.3 is 19.3 Å². The quantitative estimate of drug-likeness (QED) is 0.479. The molecule has 2 aromatic carbocycles. The fourth-order valence-corrected chi connectivity index (χ4v) is 4.90. The first-order valence-corrected chi connectivity index (χ1v) is 13.3. The van der Waals surface area contributed by atoms with Crippen molar-refractivity contribution in [2.45, 2.75) is 39.8 Å². The molecule has 0 radical (unpaired) electrons. The van der Waals surface area contributed by atoms with Gasteiger partial charge in [-0.2, -0.15) is 0 Å². The highest BCUT2D eigenvalue weighted by Crippen LogP contribution is 2.25. The Kier molecular flexibility index (Phi) is 9.32. The van der Waals surface area contributed by atoms with Gasteiger partial charge in [-0.1, -0.05) is 23.4 Å². The number of benzene rings is 2. The number of rotatable bonds is 6. The summed E-state index contributed by atoms with van der Waals surface area (Å²) in [6.45, 7) is 9.11. The number of aromatic nitrogens is 3. The summed E-state index contributed by atoms with van der Waals surface area (Å²) in [5, 5.41) is 8.59. The monoisotopic (exact) mass is 534 g/mol. The van der Waals surface area contributed by atoms with E-state index in [0.29, 0.717) is 43.6 Å². The van der Waals surface area contributed by atoms with Crippen molar-refractivity contribution in [2.75, 3.05) is 51.9 Å². The lowest BCUT2D eigenvalue weighted by Gasteiger charge is -2.29. The first-order valence-electron chi connectivity index (χ1n) is 13.3. The minimum Gasteiger partial charge on any atom is -0.497 e. The molecule has 1 aliphatic heterocycles. The summed E-state index contributed by atoms with van der Waals surface area (Å²) in [5.74, 6) is 0.444. The summed E-state index contributed by atoms with van der Waals surface area (Å²) in [5.41, 5.74) is 3.45. The Morgan fingerprint density at radius 2 is 1.72 bits per heavy atom. The average molecular weight is 535 g/mol. The van der Waals surface area contributed by atoms with E-state index < -0.39 is 0 Å². The van der Waals surface area contributed by atoms with E-state index >= 15 is 0 Å². The van der Waals surface area contributed by atoms with Gasteiger partial charge in [0.05, 0.1) is 18.5 Å². The van der Waals surface area contributed by atoms with Crippen LogP contribution in [0.5, 0.6) is 5.75 Å². The molecule has 208 valence electrons.